The van der Waals surface area contributed by atoms with E-state index >= 15 is 0 Å². The fraction of sp³-hybridized carbons (Fsp3) is 0.467. The van der Waals surface area contributed by atoms with E-state index in [9.17, 15) is 4.79 Å². The summed E-state index contributed by atoms with van der Waals surface area (Å²) >= 11 is 0. The molecule has 7 nitrogen and oxygen atoms in total. The minimum Gasteiger partial charge on any atom is -0.357 e. The van der Waals surface area contributed by atoms with Crippen molar-refractivity contribution in [3.05, 3.63) is 42.2 Å². The zero-order valence-corrected chi connectivity index (χ0v) is 12.9. The van der Waals surface area contributed by atoms with Gasteiger partial charge in [-0.3, -0.25) is 24.3 Å². The van der Waals surface area contributed by atoms with Gasteiger partial charge in [0, 0.05) is 44.8 Å². The van der Waals surface area contributed by atoms with Gasteiger partial charge in [0.25, 0.3) is 0 Å². The van der Waals surface area contributed by atoms with Gasteiger partial charge >= 0.3 is 0 Å². The summed E-state index contributed by atoms with van der Waals surface area (Å²) in [6.45, 7) is 1.51. The summed E-state index contributed by atoms with van der Waals surface area (Å²) in [5, 5.41) is 7.00. The molecule has 1 aliphatic heterocycles. The first-order valence-corrected chi connectivity index (χ1v) is 7.38. The van der Waals surface area contributed by atoms with Crippen LogP contribution in [0.2, 0.25) is 0 Å². The van der Waals surface area contributed by atoms with Crippen LogP contribution in [-0.4, -0.2) is 44.1 Å². The maximum Gasteiger partial charge on any atom is 0.246 e. The van der Waals surface area contributed by atoms with Gasteiger partial charge in [0.05, 0.1) is 18.1 Å². The molecule has 0 aromatic carbocycles. The predicted octanol–water partition coefficient (Wildman–Crippen LogP) is 0.447. The zero-order chi connectivity index (χ0) is 15.6. The van der Waals surface area contributed by atoms with E-state index < -0.39 is 5.54 Å². The molecule has 7 heteroatoms. The molecular weight excluding hydrogens is 280 g/mol. The lowest BCUT2D eigenvalue weighted by atomic mass is 9.90. The molecule has 1 fully saturated rings. The number of hydrogen-bond acceptors (Lipinski definition) is 5. The summed E-state index contributed by atoms with van der Waals surface area (Å²) in [6, 6.07) is 0. The average molecular weight is 300 g/mol. The molecule has 0 aliphatic carbocycles. The SMILES string of the molecule is CNC(=O)[C@]1(c2cnccn2)CCCN1Cc1cnn(C)c1. The van der Waals surface area contributed by atoms with E-state index in [-0.39, 0.29) is 5.91 Å². The van der Waals surface area contributed by atoms with Crippen LogP contribution in [0.25, 0.3) is 0 Å². The van der Waals surface area contributed by atoms with Gasteiger partial charge in [-0.2, -0.15) is 5.10 Å². The molecule has 22 heavy (non-hydrogen) atoms. The normalized spacial score (nSPS) is 21.9. The van der Waals surface area contributed by atoms with Gasteiger partial charge in [-0.05, 0) is 19.4 Å². The highest BCUT2D eigenvalue weighted by atomic mass is 16.2. The Morgan fingerprint density at radius 1 is 1.41 bits per heavy atom. The Kier molecular flexibility index (Phi) is 3.89. The van der Waals surface area contributed by atoms with Crippen molar-refractivity contribution in [2.75, 3.05) is 13.6 Å². The zero-order valence-electron chi connectivity index (χ0n) is 12.9. The van der Waals surface area contributed by atoms with Crippen LogP contribution in [-0.2, 0) is 23.9 Å². The Morgan fingerprint density at radius 2 is 2.27 bits per heavy atom. The van der Waals surface area contributed by atoms with Crippen molar-refractivity contribution < 1.29 is 4.79 Å². The van der Waals surface area contributed by atoms with Gasteiger partial charge in [0.1, 0.15) is 5.54 Å². The summed E-state index contributed by atoms with van der Waals surface area (Å²) in [5.41, 5.74) is 1.04. The topological polar surface area (TPSA) is 75.9 Å². The first-order chi connectivity index (χ1) is 10.7. The van der Waals surface area contributed by atoms with E-state index in [0.29, 0.717) is 12.2 Å². The summed E-state index contributed by atoms with van der Waals surface area (Å²) in [7, 11) is 3.56. The van der Waals surface area contributed by atoms with Crippen molar-refractivity contribution in [1.29, 1.82) is 0 Å². The molecule has 1 atom stereocenters. The fourth-order valence-electron chi connectivity index (χ4n) is 3.25. The summed E-state index contributed by atoms with van der Waals surface area (Å²) < 4.78 is 1.77. The highest BCUT2D eigenvalue weighted by Crippen LogP contribution is 2.38. The Labute approximate surface area is 129 Å². The lowest BCUT2D eigenvalue weighted by Gasteiger charge is -2.35. The monoisotopic (exact) mass is 300 g/mol. The Morgan fingerprint density at radius 3 is 2.91 bits per heavy atom. The predicted molar refractivity (Wildman–Crippen MR) is 80.6 cm³/mol. The number of aromatic nitrogens is 4. The van der Waals surface area contributed by atoms with Crippen LogP contribution in [0.1, 0.15) is 24.1 Å². The molecule has 0 bridgehead atoms. The smallest absolute Gasteiger partial charge is 0.246 e. The van der Waals surface area contributed by atoms with Gasteiger partial charge in [-0.15, -0.1) is 0 Å². The van der Waals surface area contributed by atoms with Crippen LogP contribution in [0.3, 0.4) is 0 Å². The van der Waals surface area contributed by atoms with Gasteiger partial charge < -0.3 is 5.32 Å². The van der Waals surface area contributed by atoms with Crippen molar-refractivity contribution in [3.8, 4) is 0 Å². The number of hydrogen-bond donors (Lipinski definition) is 1. The Bertz CT molecular complexity index is 655. The van der Waals surface area contributed by atoms with E-state index in [4.69, 9.17) is 0 Å². The summed E-state index contributed by atoms with van der Waals surface area (Å²) in [5.74, 6) is -0.0330. The van der Waals surface area contributed by atoms with Crippen molar-refractivity contribution in [3.63, 3.8) is 0 Å². The number of likely N-dealkylation sites (tertiary alicyclic amines) is 1. The van der Waals surface area contributed by atoms with Gasteiger partial charge in [-0.25, -0.2) is 0 Å². The van der Waals surface area contributed by atoms with Crippen LogP contribution in [0, 0.1) is 0 Å². The number of aryl methyl sites for hydroxylation is 1. The third-order valence-corrected chi connectivity index (χ3v) is 4.23. The second kappa shape index (κ2) is 5.84. The molecule has 1 aliphatic rings. The minimum absolute atomic E-state index is 0.0330. The molecule has 3 heterocycles. The van der Waals surface area contributed by atoms with Crippen LogP contribution >= 0.6 is 0 Å². The largest absolute Gasteiger partial charge is 0.357 e. The van der Waals surface area contributed by atoms with Gasteiger partial charge in [-0.1, -0.05) is 0 Å². The van der Waals surface area contributed by atoms with Crippen molar-refractivity contribution in [1.82, 2.24) is 30.0 Å². The summed E-state index contributed by atoms with van der Waals surface area (Å²) in [6.07, 6.45) is 10.5. The number of rotatable bonds is 4. The van der Waals surface area contributed by atoms with Crippen LogP contribution < -0.4 is 5.32 Å². The lowest BCUT2D eigenvalue weighted by molar-refractivity contribution is -0.132. The van der Waals surface area contributed by atoms with Crippen molar-refractivity contribution >= 4 is 5.91 Å². The average Bonchev–Trinajstić information content (AvgIpc) is 3.15. The number of carbonyl (C=O) groups is 1. The number of nitrogens with zero attached hydrogens (tertiary/aromatic N) is 5. The third kappa shape index (κ3) is 2.37. The number of nitrogens with one attached hydrogen (secondary N) is 1. The van der Waals surface area contributed by atoms with Gasteiger partial charge in [0.15, 0.2) is 0 Å². The molecule has 2 aromatic heterocycles. The molecule has 0 saturated carbocycles. The molecule has 1 saturated heterocycles. The molecule has 0 unspecified atom stereocenters. The first-order valence-electron chi connectivity index (χ1n) is 7.38. The van der Waals surface area contributed by atoms with Gasteiger partial charge in [0.2, 0.25) is 5.91 Å². The van der Waals surface area contributed by atoms with E-state index in [0.717, 1.165) is 24.9 Å². The van der Waals surface area contributed by atoms with E-state index in [2.05, 4.69) is 25.3 Å². The quantitative estimate of drug-likeness (QED) is 0.887. The summed E-state index contributed by atoms with van der Waals surface area (Å²) in [4.78, 5) is 23.4. The number of likely N-dealkylation sites (N-methyl/N-ethyl adjacent to an activating group) is 1. The lowest BCUT2D eigenvalue weighted by Crippen LogP contribution is -2.52. The van der Waals surface area contributed by atoms with Crippen LogP contribution in [0.5, 0.6) is 0 Å². The number of carbonyl (C=O) groups excluding carboxylic acids is 1. The van der Waals surface area contributed by atoms with Crippen LogP contribution in [0.15, 0.2) is 31.0 Å². The highest BCUT2D eigenvalue weighted by Gasteiger charge is 2.49. The molecular formula is C15H20N6O. The molecule has 3 rings (SSSR count). The number of amides is 1. The van der Waals surface area contributed by atoms with Crippen LogP contribution in [0.4, 0.5) is 0 Å². The molecule has 1 N–H and O–H groups in total. The fourth-order valence-corrected chi connectivity index (χ4v) is 3.25. The standard InChI is InChI=1S/C15H20N6O/c1-16-14(22)15(13-9-17-5-6-18-13)4-3-7-21(15)11-12-8-19-20(2)10-12/h5-6,8-10H,3-4,7,11H2,1-2H3,(H,16,22)/t15-/m1/s1. The molecule has 116 valence electrons. The molecule has 0 radical (unpaired) electrons. The van der Waals surface area contributed by atoms with E-state index in [1.54, 1.807) is 30.3 Å². The molecule has 1 amide bonds. The Hall–Kier alpha value is -2.28. The maximum absolute atomic E-state index is 12.7. The second-order valence-electron chi connectivity index (χ2n) is 5.58. The first kappa shape index (κ1) is 14.6. The van der Waals surface area contributed by atoms with Crippen molar-refractivity contribution in [2.45, 2.75) is 24.9 Å². The molecule has 0 spiro atoms. The van der Waals surface area contributed by atoms with Crippen molar-refractivity contribution in [2.24, 2.45) is 7.05 Å². The maximum atomic E-state index is 12.7. The highest BCUT2D eigenvalue weighted by molar-refractivity contribution is 5.87. The minimum atomic E-state index is -0.751. The molecule has 2 aromatic rings. The van der Waals surface area contributed by atoms with E-state index in [1.807, 2.05) is 19.4 Å². The Balaban J connectivity index is 1.98. The second-order valence-corrected chi connectivity index (χ2v) is 5.58. The van der Waals surface area contributed by atoms with E-state index in [1.165, 1.54) is 0 Å². The third-order valence-electron chi connectivity index (χ3n) is 4.23.